The summed E-state index contributed by atoms with van der Waals surface area (Å²) in [5, 5.41) is 15.2. The van der Waals surface area contributed by atoms with Gasteiger partial charge in [-0.3, -0.25) is 5.10 Å². The highest BCUT2D eigenvalue weighted by atomic mass is 16.3. The maximum Gasteiger partial charge on any atom is 0.137 e. The molecule has 0 spiro atoms. The van der Waals surface area contributed by atoms with Crippen LogP contribution in [0.15, 0.2) is 6.33 Å². The van der Waals surface area contributed by atoms with E-state index in [1.807, 2.05) is 6.92 Å². The standard InChI is InChI=1S/C6H11N3O/c1-2-5(3-10)6-7-4-8-9-6/h4-5,10H,2-3H2,1H3,(H,7,8,9)/t5-/m0/s1. The molecule has 1 aromatic rings. The Hall–Kier alpha value is -0.900. The van der Waals surface area contributed by atoms with E-state index in [4.69, 9.17) is 5.11 Å². The van der Waals surface area contributed by atoms with E-state index in [2.05, 4.69) is 15.2 Å². The predicted octanol–water partition coefficient (Wildman–Crippen LogP) is 0.291. The van der Waals surface area contributed by atoms with Crippen LogP contribution >= 0.6 is 0 Å². The molecule has 0 aromatic carbocycles. The first-order valence-electron chi connectivity index (χ1n) is 3.34. The molecule has 0 unspecified atom stereocenters. The smallest absolute Gasteiger partial charge is 0.137 e. The molecular weight excluding hydrogens is 130 g/mol. The lowest BCUT2D eigenvalue weighted by Crippen LogP contribution is -2.04. The highest BCUT2D eigenvalue weighted by Crippen LogP contribution is 2.11. The molecular formula is C6H11N3O. The molecule has 0 aliphatic heterocycles. The SMILES string of the molecule is CC[C@@H](CO)c1ncn[nH]1. The summed E-state index contributed by atoms with van der Waals surface area (Å²) in [6, 6.07) is 0. The van der Waals surface area contributed by atoms with Crippen LogP contribution in [0, 0.1) is 0 Å². The fraction of sp³-hybridized carbons (Fsp3) is 0.667. The van der Waals surface area contributed by atoms with Gasteiger partial charge in [-0.25, -0.2) is 4.98 Å². The van der Waals surface area contributed by atoms with Crippen molar-refractivity contribution in [3.63, 3.8) is 0 Å². The zero-order chi connectivity index (χ0) is 7.40. The summed E-state index contributed by atoms with van der Waals surface area (Å²) in [5.41, 5.74) is 0. The van der Waals surface area contributed by atoms with Gasteiger partial charge in [-0.1, -0.05) is 6.92 Å². The second kappa shape index (κ2) is 3.31. The summed E-state index contributed by atoms with van der Waals surface area (Å²) in [4.78, 5) is 3.93. The molecule has 4 nitrogen and oxygen atoms in total. The average Bonchev–Trinajstić information content (AvgIpc) is 2.43. The van der Waals surface area contributed by atoms with Crippen LogP contribution in [-0.4, -0.2) is 26.9 Å². The van der Waals surface area contributed by atoms with Crippen molar-refractivity contribution in [2.45, 2.75) is 19.3 Å². The Balaban J connectivity index is 2.64. The molecule has 0 saturated carbocycles. The van der Waals surface area contributed by atoms with Crippen LogP contribution in [0.2, 0.25) is 0 Å². The Labute approximate surface area is 59.3 Å². The second-order valence-corrected chi connectivity index (χ2v) is 2.16. The topological polar surface area (TPSA) is 61.8 Å². The fourth-order valence-electron chi connectivity index (χ4n) is 0.821. The summed E-state index contributed by atoms with van der Waals surface area (Å²) in [6.45, 7) is 2.13. The molecule has 0 radical (unpaired) electrons. The summed E-state index contributed by atoms with van der Waals surface area (Å²) >= 11 is 0. The fourth-order valence-corrected chi connectivity index (χ4v) is 0.821. The van der Waals surface area contributed by atoms with Crippen molar-refractivity contribution in [2.24, 2.45) is 0 Å². The number of hydrogen-bond donors (Lipinski definition) is 2. The molecule has 2 N–H and O–H groups in total. The maximum atomic E-state index is 8.81. The van der Waals surface area contributed by atoms with Gasteiger partial charge in [0.05, 0.1) is 6.61 Å². The van der Waals surface area contributed by atoms with Crippen molar-refractivity contribution in [1.29, 1.82) is 0 Å². The summed E-state index contributed by atoms with van der Waals surface area (Å²) in [7, 11) is 0. The third-order valence-electron chi connectivity index (χ3n) is 1.53. The van der Waals surface area contributed by atoms with Gasteiger partial charge < -0.3 is 5.11 Å². The van der Waals surface area contributed by atoms with E-state index < -0.39 is 0 Å². The van der Waals surface area contributed by atoms with Crippen molar-refractivity contribution < 1.29 is 5.11 Å². The Bertz CT molecular complexity index is 169. The molecule has 1 heterocycles. The summed E-state index contributed by atoms with van der Waals surface area (Å²) in [6.07, 6.45) is 2.33. The van der Waals surface area contributed by atoms with E-state index in [1.165, 1.54) is 6.33 Å². The maximum absolute atomic E-state index is 8.81. The van der Waals surface area contributed by atoms with Gasteiger partial charge in [-0.05, 0) is 6.42 Å². The van der Waals surface area contributed by atoms with E-state index in [0.29, 0.717) is 0 Å². The lowest BCUT2D eigenvalue weighted by Gasteiger charge is -2.05. The number of aliphatic hydroxyl groups excluding tert-OH is 1. The summed E-state index contributed by atoms with van der Waals surface area (Å²) < 4.78 is 0. The first-order chi connectivity index (χ1) is 4.88. The van der Waals surface area contributed by atoms with E-state index >= 15 is 0 Å². The Morgan fingerprint density at radius 2 is 2.60 bits per heavy atom. The predicted molar refractivity (Wildman–Crippen MR) is 36.5 cm³/mol. The van der Waals surface area contributed by atoms with Crippen LogP contribution in [0.4, 0.5) is 0 Å². The number of hydrogen-bond acceptors (Lipinski definition) is 3. The minimum absolute atomic E-state index is 0.113. The number of rotatable bonds is 3. The normalized spacial score (nSPS) is 13.4. The quantitative estimate of drug-likeness (QED) is 0.636. The monoisotopic (exact) mass is 141 g/mol. The molecule has 0 aliphatic rings. The van der Waals surface area contributed by atoms with Crippen molar-refractivity contribution >= 4 is 0 Å². The number of aromatic nitrogens is 3. The number of nitrogens with one attached hydrogen (secondary N) is 1. The lowest BCUT2D eigenvalue weighted by molar-refractivity contribution is 0.258. The summed E-state index contributed by atoms with van der Waals surface area (Å²) in [5.74, 6) is 0.882. The number of nitrogens with zero attached hydrogens (tertiary/aromatic N) is 2. The highest BCUT2D eigenvalue weighted by molar-refractivity contribution is 4.91. The van der Waals surface area contributed by atoms with Gasteiger partial charge in [0, 0.05) is 5.92 Å². The van der Waals surface area contributed by atoms with Crippen LogP contribution in [0.5, 0.6) is 0 Å². The lowest BCUT2D eigenvalue weighted by atomic mass is 10.1. The third-order valence-corrected chi connectivity index (χ3v) is 1.53. The van der Waals surface area contributed by atoms with Crippen LogP contribution < -0.4 is 0 Å². The van der Waals surface area contributed by atoms with Crippen molar-refractivity contribution in [3.8, 4) is 0 Å². The Morgan fingerprint density at radius 1 is 1.80 bits per heavy atom. The van der Waals surface area contributed by atoms with E-state index in [0.717, 1.165) is 12.2 Å². The Kier molecular flexibility index (Phi) is 2.39. The van der Waals surface area contributed by atoms with Gasteiger partial charge in [-0.2, -0.15) is 5.10 Å². The molecule has 0 amide bonds. The number of H-pyrrole nitrogens is 1. The zero-order valence-corrected chi connectivity index (χ0v) is 5.91. The van der Waals surface area contributed by atoms with Crippen molar-refractivity contribution in [1.82, 2.24) is 15.2 Å². The van der Waals surface area contributed by atoms with Gasteiger partial charge in [-0.15, -0.1) is 0 Å². The third kappa shape index (κ3) is 1.33. The molecule has 1 rings (SSSR count). The van der Waals surface area contributed by atoms with Crippen LogP contribution in [0.1, 0.15) is 25.1 Å². The van der Waals surface area contributed by atoms with Crippen LogP contribution in [-0.2, 0) is 0 Å². The van der Waals surface area contributed by atoms with Gasteiger partial charge >= 0.3 is 0 Å². The minimum atomic E-state index is 0.113. The van der Waals surface area contributed by atoms with Crippen LogP contribution in [0.3, 0.4) is 0 Å². The first-order valence-corrected chi connectivity index (χ1v) is 3.34. The van der Waals surface area contributed by atoms with Crippen molar-refractivity contribution in [3.05, 3.63) is 12.2 Å². The molecule has 1 atom stereocenters. The van der Waals surface area contributed by atoms with Crippen molar-refractivity contribution in [2.75, 3.05) is 6.61 Å². The number of aromatic amines is 1. The largest absolute Gasteiger partial charge is 0.396 e. The molecule has 10 heavy (non-hydrogen) atoms. The molecule has 0 saturated heterocycles. The zero-order valence-electron chi connectivity index (χ0n) is 5.91. The van der Waals surface area contributed by atoms with Gasteiger partial charge in [0.2, 0.25) is 0 Å². The number of aliphatic hydroxyl groups is 1. The van der Waals surface area contributed by atoms with Crippen LogP contribution in [0.25, 0.3) is 0 Å². The molecule has 0 bridgehead atoms. The van der Waals surface area contributed by atoms with Gasteiger partial charge in [0.15, 0.2) is 0 Å². The van der Waals surface area contributed by atoms with Gasteiger partial charge in [0.25, 0.3) is 0 Å². The highest BCUT2D eigenvalue weighted by Gasteiger charge is 2.09. The first kappa shape index (κ1) is 7.21. The molecule has 0 fully saturated rings. The average molecular weight is 141 g/mol. The molecule has 1 aromatic heterocycles. The van der Waals surface area contributed by atoms with Gasteiger partial charge in [0.1, 0.15) is 12.2 Å². The van der Waals surface area contributed by atoms with E-state index in [9.17, 15) is 0 Å². The molecule has 56 valence electrons. The molecule has 4 heteroatoms. The molecule has 0 aliphatic carbocycles. The Morgan fingerprint density at radius 3 is 3.00 bits per heavy atom. The minimum Gasteiger partial charge on any atom is -0.396 e. The second-order valence-electron chi connectivity index (χ2n) is 2.16. The van der Waals surface area contributed by atoms with E-state index in [1.54, 1.807) is 0 Å². The van der Waals surface area contributed by atoms with E-state index in [-0.39, 0.29) is 12.5 Å².